The van der Waals surface area contributed by atoms with Gasteiger partial charge in [-0.25, -0.2) is 9.18 Å². The van der Waals surface area contributed by atoms with Crippen molar-refractivity contribution in [3.63, 3.8) is 0 Å². The van der Waals surface area contributed by atoms with Crippen LogP contribution in [-0.2, 0) is 4.79 Å². The summed E-state index contributed by atoms with van der Waals surface area (Å²) >= 11 is 0. The highest BCUT2D eigenvalue weighted by molar-refractivity contribution is 5.91. The minimum absolute atomic E-state index is 0.0469. The molecular weight excluding hydrogens is 303 g/mol. The summed E-state index contributed by atoms with van der Waals surface area (Å²) in [4.78, 5) is 22.7. The van der Waals surface area contributed by atoms with Crippen molar-refractivity contribution in [1.29, 1.82) is 0 Å². The second kappa shape index (κ2) is 8.36. The van der Waals surface area contributed by atoms with Crippen LogP contribution in [0.2, 0.25) is 0 Å². The van der Waals surface area contributed by atoms with Crippen LogP contribution in [0.3, 0.4) is 0 Å². The number of rotatable bonds is 8. The van der Waals surface area contributed by atoms with E-state index in [9.17, 15) is 14.0 Å². The Morgan fingerprint density at radius 3 is 2.65 bits per heavy atom. The standard InChI is InChI=1S/C16H23FN2O4/c1-4-9-23-13-10-11(17)5-6-12(13)18-15(22)19-16(2,3)8-7-14(20)21/h5-6,10H,4,7-9H2,1-3H3,(H,20,21)(H2,18,19,22). The SMILES string of the molecule is CCCOc1cc(F)ccc1NC(=O)NC(C)(C)CCC(=O)O. The molecule has 1 rings (SSSR count). The minimum Gasteiger partial charge on any atom is -0.491 e. The smallest absolute Gasteiger partial charge is 0.319 e. The van der Waals surface area contributed by atoms with E-state index in [4.69, 9.17) is 9.84 Å². The van der Waals surface area contributed by atoms with E-state index in [1.807, 2.05) is 6.92 Å². The van der Waals surface area contributed by atoms with Crippen molar-refractivity contribution in [2.75, 3.05) is 11.9 Å². The first-order chi connectivity index (χ1) is 10.7. The zero-order valence-electron chi connectivity index (χ0n) is 13.6. The number of carboxylic acid groups (broad SMARTS) is 1. The third-order valence-electron chi connectivity index (χ3n) is 3.07. The molecule has 0 saturated carbocycles. The number of hydrogen-bond donors (Lipinski definition) is 3. The molecule has 23 heavy (non-hydrogen) atoms. The zero-order valence-corrected chi connectivity index (χ0v) is 13.6. The lowest BCUT2D eigenvalue weighted by Gasteiger charge is -2.26. The summed E-state index contributed by atoms with van der Waals surface area (Å²) in [6.07, 6.45) is 0.997. The Labute approximate surface area is 135 Å². The Morgan fingerprint density at radius 1 is 1.35 bits per heavy atom. The van der Waals surface area contributed by atoms with Gasteiger partial charge in [-0.05, 0) is 38.8 Å². The average molecular weight is 326 g/mol. The van der Waals surface area contributed by atoms with Crippen molar-refractivity contribution < 1.29 is 23.8 Å². The van der Waals surface area contributed by atoms with E-state index in [2.05, 4.69) is 10.6 Å². The van der Waals surface area contributed by atoms with Gasteiger partial charge in [-0.1, -0.05) is 6.92 Å². The number of ether oxygens (including phenoxy) is 1. The number of aliphatic carboxylic acids is 1. The first-order valence-corrected chi connectivity index (χ1v) is 7.47. The number of carboxylic acids is 1. The molecule has 1 aromatic carbocycles. The number of carbonyl (C=O) groups excluding carboxylic acids is 1. The molecule has 0 aliphatic rings. The van der Waals surface area contributed by atoms with Gasteiger partial charge in [-0.2, -0.15) is 0 Å². The van der Waals surface area contributed by atoms with Gasteiger partial charge >= 0.3 is 12.0 Å². The van der Waals surface area contributed by atoms with Gasteiger partial charge in [-0.3, -0.25) is 4.79 Å². The van der Waals surface area contributed by atoms with E-state index in [0.717, 1.165) is 6.42 Å². The molecule has 1 aromatic rings. The molecule has 3 N–H and O–H groups in total. The van der Waals surface area contributed by atoms with Gasteiger partial charge in [0.25, 0.3) is 0 Å². The van der Waals surface area contributed by atoms with Gasteiger partial charge in [0.05, 0.1) is 12.3 Å². The molecule has 0 spiro atoms. The number of halogens is 1. The monoisotopic (exact) mass is 326 g/mol. The Morgan fingerprint density at radius 2 is 2.04 bits per heavy atom. The second-order valence-electron chi connectivity index (χ2n) is 5.85. The van der Waals surface area contributed by atoms with Gasteiger partial charge in [0.2, 0.25) is 0 Å². The molecule has 0 bridgehead atoms. The summed E-state index contributed by atoms with van der Waals surface area (Å²) in [6, 6.07) is 3.35. The van der Waals surface area contributed by atoms with Gasteiger partial charge in [0.15, 0.2) is 0 Å². The fourth-order valence-electron chi connectivity index (χ4n) is 1.87. The largest absolute Gasteiger partial charge is 0.491 e. The topological polar surface area (TPSA) is 87.7 Å². The van der Waals surface area contributed by atoms with Crippen LogP contribution in [0.25, 0.3) is 0 Å². The minimum atomic E-state index is -0.922. The maximum atomic E-state index is 13.3. The number of amides is 2. The van der Waals surface area contributed by atoms with E-state index >= 15 is 0 Å². The highest BCUT2D eigenvalue weighted by Crippen LogP contribution is 2.25. The number of anilines is 1. The Kier molecular flexibility index (Phi) is 6.81. The summed E-state index contributed by atoms with van der Waals surface area (Å²) in [5, 5.41) is 14.0. The van der Waals surface area contributed by atoms with Crippen molar-refractivity contribution in [1.82, 2.24) is 5.32 Å². The Hall–Kier alpha value is -2.31. The second-order valence-corrected chi connectivity index (χ2v) is 5.85. The number of carbonyl (C=O) groups is 2. The Balaban J connectivity index is 2.71. The third-order valence-corrected chi connectivity index (χ3v) is 3.07. The summed E-state index contributed by atoms with van der Waals surface area (Å²) in [6.45, 7) is 5.79. The van der Waals surface area contributed by atoms with E-state index in [0.29, 0.717) is 18.7 Å². The number of hydrogen-bond acceptors (Lipinski definition) is 3. The normalized spacial score (nSPS) is 11.0. The van der Waals surface area contributed by atoms with Gasteiger partial charge in [-0.15, -0.1) is 0 Å². The number of benzene rings is 1. The van der Waals surface area contributed by atoms with Crippen molar-refractivity contribution in [3.8, 4) is 5.75 Å². The molecule has 2 amide bonds. The number of nitrogens with one attached hydrogen (secondary N) is 2. The molecule has 0 unspecified atom stereocenters. The van der Waals surface area contributed by atoms with Crippen LogP contribution >= 0.6 is 0 Å². The molecule has 0 radical (unpaired) electrons. The molecule has 6 nitrogen and oxygen atoms in total. The summed E-state index contributed by atoms with van der Waals surface area (Å²) < 4.78 is 18.7. The first-order valence-electron chi connectivity index (χ1n) is 7.47. The van der Waals surface area contributed by atoms with Crippen molar-refractivity contribution in [2.24, 2.45) is 0 Å². The molecule has 0 saturated heterocycles. The van der Waals surface area contributed by atoms with E-state index in [1.54, 1.807) is 13.8 Å². The maximum Gasteiger partial charge on any atom is 0.319 e. The molecule has 0 aliphatic carbocycles. The summed E-state index contributed by atoms with van der Waals surface area (Å²) in [5.41, 5.74) is -0.334. The molecule has 0 heterocycles. The average Bonchev–Trinajstić information content (AvgIpc) is 2.45. The predicted molar refractivity (Wildman–Crippen MR) is 85.3 cm³/mol. The van der Waals surface area contributed by atoms with Crippen molar-refractivity contribution >= 4 is 17.7 Å². The van der Waals surface area contributed by atoms with Gasteiger partial charge in [0.1, 0.15) is 11.6 Å². The molecule has 7 heteroatoms. The van der Waals surface area contributed by atoms with Crippen LogP contribution in [0.5, 0.6) is 5.75 Å². The summed E-state index contributed by atoms with van der Waals surface area (Å²) in [7, 11) is 0. The third kappa shape index (κ3) is 6.99. The molecule has 128 valence electrons. The van der Waals surface area contributed by atoms with Crippen LogP contribution in [0.15, 0.2) is 18.2 Å². The summed E-state index contributed by atoms with van der Waals surface area (Å²) in [5.74, 6) is -1.12. The van der Waals surface area contributed by atoms with Crippen LogP contribution in [0.1, 0.15) is 40.0 Å². The molecular formula is C16H23FN2O4. The van der Waals surface area contributed by atoms with Crippen molar-refractivity contribution in [3.05, 3.63) is 24.0 Å². The molecule has 0 aromatic heterocycles. The van der Waals surface area contributed by atoms with Gasteiger partial charge < -0.3 is 20.5 Å². The highest BCUT2D eigenvalue weighted by Gasteiger charge is 2.22. The first kappa shape index (κ1) is 18.7. The number of urea groups is 1. The van der Waals surface area contributed by atoms with Crippen LogP contribution in [0.4, 0.5) is 14.9 Å². The van der Waals surface area contributed by atoms with Crippen LogP contribution < -0.4 is 15.4 Å². The molecule has 0 fully saturated rings. The van der Waals surface area contributed by atoms with Crippen molar-refractivity contribution in [2.45, 2.75) is 45.6 Å². The molecule has 0 aliphatic heterocycles. The van der Waals surface area contributed by atoms with E-state index in [-0.39, 0.29) is 12.2 Å². The highest BCUT2D eigenvalue weighted by atomic mass is 19.1. The van der Waals surface area contributed by atoms with Crippen LogP contribution in [0, 0.1) is 5.82 Å². The van der Waals surface area contributed by atoms with Crippen LogP contribution in [-0.4, -0.2) is 29.3 Å². The lowest BCUT2D eigenvalue weighted by molar-refractivity contribution is -0.137. The van der Waals surface area contributed by atoms with Gasteiger partial charge in [0, 0.05) is 18.0 Å². The lowest BCUT2D eigenvalue weighted by Crippen LogP contribution is -2.45. The molecule has 0 atom stereocenters. The van der Waals surface area contributed by atoms with E-state index in [1.165, 1.54) is 18.2 Å². The quantitative estimate of drug-likeness (QED) is 0.683. The Bertz CT molecular complexity index is 561. The lowest BCUT2D eigenvalue weighted by atomic mass is 9.99. The van der Waals surface area contributed by atoms with E-state index < -0.39 is 23.4 Å². The zero-order chi connectivity index (χ0) is 17.5. The maximum absolute atomic E-state index is 13.3. The fraction of sp³-hybridized carbons (Fsp3) is 0.500. The predicted octanol–water partition coefficient (Wildman–Crippen LogP) is 3.38. The fourth-order valence-corrected chi connectivity index (χ4v) is 1.87.